The van der Waals surface area contributed by atoms with Crippen molar-refractivity contribution in [2.45, 2.75) is 6.54 Å². The highest BCUT2D eigenvalue weighted by molar-refractivity contribution is 5.52. The van der Waals surface area contributed by atoms with E-state index < -0.39 is 0 Å². The highest BCUT2D eigenvalue weighted by Crippen LogP contribution is 2.11. The molecule has 1 heterocycles. The van der Waals surface area contributed by atoms with Crippen molar-refractivity contribution in [2.24, 2.45) is 5.73 Å². The third-order valence-corrected chi connectivity index (χ3v) is 1.95. The average molecular weight is 200 g/mol. The smallest absolute Gasteiger partial charge is 0.227 e. The van der Waals surface area contributed by atoms with Gasteiger partial charge in [-0.2, -0.15) is 0 Å². The Balaban J connectivity index is 2.17. The molecule has 76 valence electrons. The number of benzene rings is 1. The second-order valence-electron chi connectivity index (χ2n) is 3.07. The summed E-state index contributed by atoms with van der Waals surface area (Å²) in [6.07, 6.45) is 1.69. The summed E-state index contributed by atoms with van der Waals surface area (Å²) in [4.78, 5) is 8.34. The van der Waals surface area contributed by atoms with Crippen LogP contribution in [0.15, 0.2) is 42.6 Å². The molecule has 4 nitrogen and oxygen atoms in total. The molecule has 0 saturated heterocycles. The Kier molecular flexibility index (Phi) is 2.90. The number of rotatable bonds is 3. The molecule has 0 aliphatic rings. The SMILES string of the molecule is NCc1ccnc(Nc2ccccc2)n1. The normalized spacial score (nSPS) is 9.93. The van der Waals surface area contributed by atoms with Crippen LogP contribution in [0.3, 0.4) is 0 Å². The molecule has 1 aromatic heterocycles. The summed E-state index contributed by atoms with van der Waals surface area (Å²) in [6.45, 7) is 0.423. The Morgan fingerprint density at radius 1 is 1.13 bits per heavy atom. The van der Waals surface area contributed by atoms with Crippen LogP contribution in [0.4, 0.5) is 11.6 Å². The topological polar surface area (TPSA) is 63.8 Å². The zero-order chi connectivity index (χ0) is 10.5. The lowest BCUT2D eigenvalue weighted by molar-refractivity contribution is 0.969. The Bertz CT molecular complexity index is 428. The zero-order valence-corrected chi connectivity index (χ0v) is 8.22. The second kappa shape index (κ2) is 4.52. The minimum atomic E-state index is 0.423. The maximum absolute atomic E-state index is 5.49. The summed E-state index contributed by atoms with van der Waals surface area (Å²) in [5.74, 6) is 0.573. The van der Waals surface area contributed by atoms with Gasteiger partial charge in [0.1, 0.15) is 0 Å². The lowest BCUT2D eigenvalue weighted by Gasteiger charge is -2.04. The van der Waals surface area contributed by atoms with E-state index in [1.165, 1.54) is 0 Å². The van der Waals surface area contributed by atoms with E-state index in [4.69, 9.17) is 5.73 Å². The van der Waals surface area contributed by atoms with Gasteiger partial charge in [-0.05, 0) is 18.2 Å². The molecule has 0 amide bonds. The maximum atomic E-state index is 5.49. The molecular weight excluding hydrogens is 188 g/mol. The van der Waals surface area contributed by atoms with Gasteiger partial charge in [0.15, 0.2) is 0 Å². The highest BCUT2D eigenvalue weighted by Gasteiger charge is 1.97. The van der Waals surface area contributed by atoms with Crippen molar-refractivity contribution in [3.05, 3.63) is 48.3 Å². The molecule has 4 heteroatoms. The van der Waals surface area contributed by atoms with Crippen molar-refractivity contribution < 1.29 is 0 Å². The van der Waals surface area contributed by atoms with Crippen LogP contribution < -0.4 is 11.1 Å². The number of hydrogen-bond donors (Lipinski definition) is 2. The van der Waals surface area contributed by atoms with E-state index in [-0.39, 0.29) is 0 Å². The Morgan fingerprint density at radius 3 is 2.67 bits per heavy atom. The summed E-state index contributed by atoms with van der Waals surface area (Å²) in [5, 5.41) is 3.10. The largest absolute Gasteiger partial charge is 0.325 e. The molecule has 0 bridgehead atoms. The molecule has 0 atom stereocenters. The van der Waals surface area contributed by atoms with Crippen molar-refractivity contribution in [1.29, 1.82) is 0 Å². The minimum Gasteiger partial charge on any atom is -0.325 e. The number of aromatic nitrogens is 2. The Hall–Kier alpha value is -1.94. The molecule has 3 N–H and O–H groups in total. The molecule has 15 heavy (non-hydrogen) atoms. The maximum Gasteiger partial charge on any atom is 0.227 e. The van der Waals surface area contributed by atoms with Gasteiger partial charge in [0, 0.05) is 18.4 Å². The summed E-state index contributed by atoms with van der Waals surface area (Å²) in [5.41, 5.74) is 7.28. The van der Waals surface area contributed by atoms with Crippen LogP contribution in [0.1, 0.15) is 5.69 Å². The quantitative estimate of drug-likeness (QED) is 0.791. The van der Waals surface area contributed by atoms with Crippen molar-refractivity contribution in [3.63, 3.8) is 0 Å². The molecule has 0 radical (unpaired) electrons. The first-order chi connectivity index (χ1) is 7.38. The standard InChI is InChI=1S/C11H12N4/c12-8-10-6-7-13-11(15-10)14-9-4-2-1-3-5-9/h1-7H,8,12H2,(H,13,14,15). The number of anilines is 2. The minimum absolute atomic E-state index is 0.423. The van der Waals surface area contributed by atoms with Gasteiger partial charge in [0.25, 0.3) is 0 Å². The zero-order valence-electron chi connectivity index (χ0n) is 8.22. The van der Waals surface area contributed by atoms with Gasteiger partial charge in [0.05, 0.1) is 5.69 Å². The summed E-state index contributed by atoms with van der Waals surface area (Å²) in [7, 11) is 0. The van der Waals surface area contributed by atoms with Gasteiger partial charge in [-0.25, -0.2) is 9.97 Å². The van der Waals surface area contributed by atoms with Gasteiger partial charge in [-0.15, -0.1) is 0 Å². The predicted molar refractivity (Wildman–Crippen MR) is 59.6 cm³/mol. The molecular formula is C11H12N4. The third kappa shape index (κ3) is 2.51. The Morgan fingerprint density at radius 2 is 1.93 bits per heavy atom. The van der Waals surface area contributed by atoms with E-state index in [1.807, 2.05) is 30.3 Å². The van der Waals surface area contributed by atoms with Crippen LogP contribution in [0, 0.1) is 0 Å². The van der Waals surface area contributed by atoms with Gasteiger partial charge >= 0.3 is 0 Å². The third-order valence-electron chi connectivity index (χ3n) is 1.95. The van der Waals surface area contributed by atoms with E-state index in [9.17, 15) is 0 Å². The van der Waals surface area contributed by atoms with Crippen molar-refractivity contribution in [2.75, 3.05) is 5.32 Å². The monoisotopic (exact) mass is 200 g/mol. The fraction of sp³-hybridized carbons (Fsp3) is 0.0909. The van der Waals surface area contributed by atoms with E-state index >= 15 is 0 Å². The lowest BCUT2D eigenvalue weighted by atomic mass is 10.3. The van der Waals surface area contributed by atoms with Crippen LogP contribution in [-0.4, -0.2) is 9.97 Å². The van der Waals surface area contributed by atoms with Crippen LogP contribution in [-0.2, 0) is 6.54 Å². The number of hydrogen-bond acceptors (Lipinski definition) is 4. The van der Waals surface area contributed by atoms with E-state index in [1.54, 1.807) is 12.3 Å². The molecule has 0 aliphatic heterocycles. The molecule has 2 rings (SSSR count). The van der Waals surface area contributed by atoms with E-state index in [2.05, 4.69) is 15.3 Å². The average Bonchev–Trinajstić information content (AvgIpc) is 2.31. The first-order valence-electron chi connectivity index (χ1n) is 4.72. The molecule has 0 aliphatic carbocycles. The number of para-hydroxylation sites is 1. The molecule has 1 aromatic carbocycles. The highest BCUT2D eigenvalue weighted by atomic mass is 15.1. The van der Waals surface area contributed by atoms with Gasteiger partial charge in [-0.1, -0.05) is 18.2 Å². The van der Waals surface area contributed by atoms with Gasteiger partial charge in [-0.3, -0.25) is 0 Å². The van der Waals surface area contributed by atoms with E-state index in [0.717, 1.165) is 11.4 Å². The van der Waals surface area contributed by atoms with Crippen molar-refractivity contribution in [3.8, 4) is 0 Å². The summed E-state index contributed by atoms with van der Waals surface area (Å²) in [6, 6.07) is 11.6. The number of nitrogens with two attached hydrogens (primary N) is 1. The van der Waals surface area contributed by atoms with Crippen molar-refractivity contribution in [1.82, 2.24) is 9.97 Å². The Labute approximate surface area is 88.2 Å². The fourth-order valence-corrected chi connectivity index (χ4v) is 1.22. The van der Waals surface area contributed by atoms with Gasteiger partial charge < -0.3 is 11.1 Å². The summed E-state index contributed by atoms with van der Waals surface area (Å²) >= 11 is 0. The van der Waals surface area contributed by atoms with Crippen LogP contribution in [0.2, 0.25) is 0 Å². The first-order valence-corrected chi connectivity index (χ1v) is 4.72. The fourth-order valence-electron chi connectivity index (χ4n) is 1.22. The predicted octanol–water partition coefficient (Wildman–Crippen LogP) is 1.68. The molecule has 2 aromatic rings. The number of nitrogens with one attached hydrogen (secondary N) is 1. The molecule has 0 spiro atoms. The molecule has 0 saturated carbocycles. The van der Waals surface area contributed by atoms with Gasteiger partial charge in [0.2, 0.25) is 5.95 Å². The second-order valence-corrected chi connectivity index (χ2v) is 3.07. The molecule has 0 unspecified atom stereocenters. The molecule has 0 fully saturated rings. The number of nitrogens with zero attached hydrogens (tertiary/aromatic N) is 2. The van der Waals surface area contributed by atoms with Crippen LogP contribution in [0.5, 0.6) is 0 Å². The van der Waals surface area contributed by atoms with E-state index in [0.29, 0.717) is 12.5 Å². The van der Waals surface area contributed by atoms with Crippen LogP contribution in [0.25, 0.3) is 0 Å². The lowest BCUT2D eigenvalue weighted by Crippen LogP contribution is -2.03. The van der Waals surface area contributed by atoms with Crippen molar-refractivity contribution >= 4 is 11.6 Å². The van der Waals surface area contributed by atoms with Crippen LogP contribution >= 0.6 is 0 Å². The summed E-state index contributed by atoms with van der Waals surface area (Å²) < 4.78 is 0. The first kappa shape index (κ1) is 9.61.